The lowest BCUT2D eigenvalue weighted by atomic mass is 10.1. The molecule has 0 saturated carbocycles. The van der Waals surface area contributed by atoms with E-state index >= 15 is 0 Å². The first-order valence-corrected chi connectivity index (χ1v) is 6.72. The van der Waals surface area contributed by atoms with Crippen molar-refractivity contribution in [3.63, 3.8) is 0 Å². The molecule has 2 aromatic rings. The number of methoxy groups -OCH3 is 1. The summed E-state index contributed by atoms with van der Waals surface area (Å²) in [6.07, 6.45) is 0. The molecule has 1 N–H and O–H groups in total. The molecule has 0 amide bonds. The van der Waals surface area contributed by atoms with Crippen LogP contribution in [-0.2, 0) is 6.54 Å². The number of hydrogen-bond acceptors (Lipinski definition) is 4. The highest BCUT2D eigenvalue weighted by molar-refractivity contribution is 5.55. The van der Waals surface area contributed by atoms with Crippen LogP contribution in [0.3, 0.4) is 0 Å². The maximum Gasteiger partial charge on any atom is 0.136 e. The van der Waals surface area contributed by atoms with E-state index in [4.69, 9.17) is 10.00 Å². The van der Waals surface area contributed by atoms with E-state index in [1.54, 1.807) is 13.2 Å². The molecule has 0 unspecified atom stereocenters. The number of anilines is 2. The maximum absolute atomic E-state index is 8.97. The van der Waals surface area contributed by atoms with Crippen molar-refractivity contribution in [2.24, 2.45) is 0 Å². The summed E-state index contributed by atoms with van der Waals surface area (Å²) in [6, 6.07) is 16.0. The van der Waals surface area contributed by atoms with E-state index in [2.05, 4.69) is 40.6 Å². The first-order chi connectivity index (χ1) is 10.1. The summed E-state index contributed by atoms with van der Waals surface area (Å²) in [7, 11) is 5.62. The average Bonchev–Trinajstić information content (AvgIpc) is 2.52. The highest BCUT2D eigenvalue weighted by atomic mass is 16.5. The SMILES string of the molecule is COc1cc(CNc2ccc(N(C)C)cc2)ccc1C#N. The van der Waals surface area contributed by atoms with Crippen molar-refractivity contribution in [1.29, 1.82) is 5.26 Å². The lowest BCUT2D eigenvalue weighted by Crippen LogP contribution is -2.08. The van der Waals surface area contributed by atoms with Crippen molar-refractivity contribution in [3.05, 3.63) is 53.6 Å². The highest BCUT2D eigenvalue weighted by Gasteiger charge is 2.03. The second kappa shape index (κ2) is 6.67. The van der Waals surface area contributed by atoms with Gasteiger partial charge in [0.15, 0.2) is 0 Å². The number of nitrogens with one attached hydrogen (secondary N) is 1. The van der Waals surface area contributed by atoms with Crippen LogP contribution in [0.4, 0.5) is 11.4 Å². The molecule has 2 aromatic carbocycles. The smallest absolute Gasteiger partial charge is 0.136 e. The van der Waals surface area contributed by atoms with Crippen molar-refractivity contribution in [2.75, 3.05) is 31.4 Å². The van der Waals surface area contributed by atoms with Gasteiger partial charge in [0.1, 0.15) is 11.8 Å². The van der Waals surface area contributed by atoms with Crippen molar-refractivity contribution in [2.45, 2.75) is 6.54 Å². The Kier molecular flexibility index (Phi) is 4.68. The minimum atomic E-state index is 0.552. The summed E-state index contributed by atoms with van der Waals surface area (Å²) >= 11 is 0. The maximum atomic E-state index is 8.97. The van der Waals surface area contributed by atoms with Crippen molar-refractivity contribution >= 4 is 11.4 Å². The highest BCUT2D eigenvalue weighted by Crippen LogP contribution is 2.21. The van der Waals surface area contributed by atoms with Crippen LogP contribution in [0.15, 0.2) is 42.5 Å². The van der Waals surface area contributed by atoms with Gasteiger partial charge in [0, 0.05) is 32.0 Å². The van der Waals surface area contributed by atoms with E-state index in [1.165, 1.54) is 5.69 Å². The van der Waals surface area contributed by atoms with Crippen LogP contribution < -0.4 is 15.0 Å². The molecule has 0 saturated heterocycles. The van der Waals surface area contributed by atoms with E-state index in [-0.39, 0.29) is 0 Å². The van der Waals surface area contributed by atoms with Gasteiger partial charge in [-0.2, -0.15) is 5.26 Å². The number of rotatable bonds is 5. The van der Waals surface area contributed by atoms with Crippen molar-refractivity contribution in [3.8, 4) is 11.8 Å². The third-order valence-electron chi connectivity index (χ3n) is 3.27. The number of nitrogens with zero attached hydrogens (tertiary/aromatic N) is 2. The van der Waals surface area contributed by atoms with Crippen LogP contribution in [-0.4, -0.2) is 21.2 Å². The molecule has 0 bridgehead atoms. The summed E-state index contributed by atoms with van der Waals surface area (Å²) in [6.45, 7) is 0.684. The average molecular weight is 281 g/mol. The van der Waals surface area contributed by atoms with Gasteiger partial charge in [-0.3, -0.25) is 0 Å². The van der Waals surface area contributed by atoms with Gasteiger partial charge in [-0.05, 0) is 42.0 Å². The van der Waals surface area contributed by atoms with Gasteiger partial charge in [-0.25, -0.2) is 0 Å². The van der Waals surface area contributed by atoms with E-state index in [0.29, 0.717) is 17.9 Å². The van der Waals surface area contributed by atoms with Crippen LogP contribution in [0.2, 0.25) is 0 Å². The molecule has 0 heterocycles. The number of nitriles is 1. The molecule has 21 heavy (non-hydrogen) atoms. The molecule has 0 spiro atoms. The van der Waals surface area contributed by atoms with Crippen LogP contribution >= 0.6 is 0 Å². The molecule has 0 atom stereocenters. The molecule has 2 rings (SSSR count). The molecule has 0 aliphatic rings. The fourth-order valence-corrected chi connectivity index (χ4v) is 2.02. The standard InChI is InChI=1S/C17H19N3O/c1-20(2)16-8-6-15(7-9-16)19-12-13-4-5-14(11-18)17(10-13)21-3/h4-10,19H,12H2,1-3H3. The monoisotopic (exact) mass is 281 g/mol. The molecule has 4 nitrogen and oxygen atoms in total. The lowest BCUT2D eigenvalue weighted by molar-refractivity contribution is 0.413. The summed E-state index contributed by atoms with van der Waals surface area (Å²) < 4.78 is 5.22. The largest absolute Gasteiger partial charge is 0.495 e. The zero-order valence-corrected chi connectivity index (χ0v) is 12.6. The first kappa shape index (κ1) is 14.7. The molecule has 0 aliphatic heterocycles. The Morgan fingerprint density at radius 3 is 2.43 bits per heavy atom. The molecule has 4 heteroatoms. The Bertz CT molecular complexity index is 642. The van der Waals surface area contributed by atoms with Crippen LogP contribution in [0.1, 0.15) is 11.1 Å². The van der Waals surface area contributed by atoms with Gasteiger partial charge < -0.3 is 15.0 Å². The minimum Gasteiger partial charge on any atom is -0.495 e. The molecular weight excluding hydrogens is 262 g/mol. The predicted molar refractivity (Wildman–Crippen MR) is 85.8 cm³/mol. The third-order valence-corrected chi connectivity index (χ3v) is 3.27. The molecule has 0 aliphatic carbocycles. The zero-order valence-electron chi connectivity index (χ0n) is 12.6. The van der Waals surface area contributed by atoms with Crippen LogP contribution in [0, 0.1) is 11.3 Å². The van der Waals surface area contributed by atoms with Gasteiger partial charge in [0.2, 0.25) is 0 Å². The molecular formula is C17H19N3O. The molecule has 108 valence electrons. The summed E-state index contributed by atoms with van der Waals surface area (Å²) in [5.74, 6) is 0.611. The second-order valence-electron chi connectivity index (χ2n) is 4.94. The van der Waals surface area contributed by atoms with Gasteiger partial charge in [-0.15, -0.1) is 0 Å². The van der Waals surface area contributed by atoms with E-state index < -0.39 is 0 Å². The Balaban J connectivity index is 2.04. The quantitative estimate of drug-likeness (QED) is 0.914. The van der Waals surface area contributed by atoms with E-state index in [1.807, 2.05) is 26.2 Å². The minimum absolute atomic E-state index is 0.552. The second-order valence-corrected chi connectivity index (χ2v) is 4.94. The normalized spacial score (nSPS) is 9.81. The Hall–Kier alpha value is -2.67. The molecule has 0 aromatic heterocycles. The predicted octanol–water partition coefficient (Wildman–Crippen LogP) is 3.24. The van der Waals surface area contributed by atoms with Gasteiger partial charge >= 0.3 is 0 Å². The van der Waals surface area contributed by atoms with Crippen LogP contribution in [0.25, 0.3) is 0 Å². The Labute approximate surface area is 125 Å². The first-order valence-electron chi connectivity index (χ1n) is 6.72. The Morgan fingerprint density at radius 1 is 1.14 bits per heavy atom. The molecule has 0 fully saturated rings. The number of ether oxygens (including phenoxy) is 1. The Morgan fingerprint density at radius 2 is 1.86 bits per heavy atom. The number of benzene rings is 2. The van der Waals surface area contributed by atoms with Gasteiger partial charge in [-0.1, -0.05) is 6.07 Å². The van der Waals surface area contributed by atoms with Gasteiger partial charge in [0.25, 0.3) is 0 Å². The topological polar surface area (TPSA) is 48.3 Å². The van der Waals surface area contributed by atoms with Crippen molar-refractivity contribution in [1.82, 2.24) is 0 Å². The summed E-state index contributed by atoms with van der Waals surface area (Å²) in [5, 5.41) is 12.3. The summed E-state index contributed by atoms with van der Waals surface area (Å²) in [4.78, 5) is 2.06. The van der Waals surface area contributed by atoms with E-state index in [9.17, 15) is 0 Å². The lowest BCUT2D eigenvalue weighted by Gasteiger charge is -2.13. The molecule has 0 radical (unpaired) electrons. The van der Waals surface area contributed by atoms with E-state index in [0.717, 1.165) is 11.3 Å². The number of hydrogen-bond donors (Lipinski definition) is 1. The van der Waals surface area contributed by atoms with Crippen molar-refractivity contribution < 1.29 is 4.74 Å². The van der Waals surface area contributed by atoms with Gasteiger partial charge in [0.05, 0.1) is 12.7 Å². The fourth-order valence-electron chi connectivity index (χ4n) is 2.02. The van der Waals surface area contributed by atoms with Crippen LogP contribution in [0.5, 0.6) is 5.75 Å². The third kappa shape index (κ3) is 3.67. The summed E-state index contributed by atoms with van der Waals surface area (Å²) in [5.41, 5.74) is 3.85. The fraction of sp³-hybridized carbons (Fsp3) is 0.235. The zero-order chi connectivity index (χ0) is 15.2.